The first-order valence-corrected chi connectivity index (χ1v) is 9.17. The summed E-state index contributed by atoms with van der Waals surface area (Å²) in [6.45, 7) is 4.32. The summed E-state index contributed by atoms with van der Waals surface area (Å²) in [5, 5.41) is 3.44. The number of hydrogen-bond donors (Lipinski definition) is 2. The fraction of sp³-hybridized carbons (Fsp3) is 0.600. The Labute approximate surface area is 135 Å². The SMILES string of the molecule is NC(=S)c1cc2c(nc1NCCN1CCSCC1)CCC2. The third-order valence-corrected chi connectivity index (χ3v) is 5.30. The third-order valence-electron chi connectivity index (χ3n) is 4.14. The molecule has 1 aromatic heterocycles. The standard InChI is InChI=1S/C15H22N4S2/c16-14(20)12-10-11-2-1-3-13(11)18-15(12)17-4-5-19-6-8-21-9-7-19/h10H,1-9H2,(H2,16,20)(H,17,18). The molecule has 0 aromatic carbocycles. The van der Waals surface area contributed by atoms with E-state index in [9.17, 15) is 0 Å². The van der Waals surface area contributed by atoms with Gasteiger partial charge in [0.25, 0.3) is 0 Å². The number of hydrogen-bond acceptors (Lipinski definition) is 5. The van der Waals surface area contributed by atoms with Gasteiger partial charge in [0.2, 0.25) is 0 Å². The smallest absolute Gasteiger partial charge is 0.136 e. The van der Waals surface area contributed by atoms with Gasteiger partial charge in [-0.25, -0.2) is 4.98 Å². The highest BCUT2D eigenvalue weighted by atomic mass is 32.2. The second-order valence-electron chi connectivity index (χ2n) is 5.59. The van der Waals surface area contributed by atoms with Crippen LogP contribution in [0.15, 0.2) is 6.07 Å². The highest BCUT2D eigenvalue weighted by Crippen LogP contribution is 2.25. The lowest BCUT2D eigenvalue weighted by molar-refractivity contribution is 0.314. The van der Waals surface area contributed by atoms with Crippen molar-refractivity contribution in [3.63, 3.8) is 0 Å². The Kier molecular flexibility index (Phi) is 4.98. The van der Waals surface area contributed by atoms with Crippen molar-refractivity contribution in [1.82, 2.24) is 9.88 Å². The lowest BCUT2D eigenvalue weighted by atomic mass is 10.1. The maximum atomic E-state index is 5.86. The van der Waals surface area contributed by atoms with Crippen LogP contribution in [0, 0.1) is 0 Å². The van der Waals surface area contributed by atoms with Crippen LogP contribution in [0.1, 0.15) is 23.2 Å². The molecule has 1 fully saturated rings. The van der Waals surface area contributed by atoms with Gasteiger partial charge in [-0.2, -0.15) is 11.8 Å². The lowest BCUT2D eigenvalue weighted by Gasteiger charge is -2.26. The summed E-state index contributed by atoms with van der Waals surface area (Å²) in [6.07, 6.45) is 3.36. The third kappa shape index (κ3) is 3.67. The summed E-state index contributed by atoms with van der Waals surface area (Å²) in [4.78, 5) is 7.69. The van der Waals surface area contributed by atoms with Gasteiger partial charge in [-0.15, -0.1) is 0 Å². The van der Waals surface area contributed by atoms with E-state index >= 15 is 0 Å². The Morgan fingerprint density at radius 3 is 2.95 bits per heavy atom. The van der Waals surface area contributed by atoms with E-state index in [0.29, 0.717) is 4.99 Å². The first-order chi connectivity index (χ1) is 10.2. The van der Waals surface area contributed by atoms with Gasteiger partial charge < -0.3 is 11.1 Å². The van der Waals surface area contributed by atoms with Gasteiger partial charge in [0.15, 0.2) is 0 Å². The van der Waals surface area contributed by atoms with E-state index in [1.54, 1.807) is 0 Å². The first kappa shape index (κ1) is 15.1. The molecule has 0 atom stereocenters. The molecule has 1 aliphatic carbocycles. The zero-order valence-electron chi connectivity index (χ0n) is 12.2. The molecule has 3 rings (SSSR count). The Morgan fingerprint density at radius 2 is 2.19 bits per heavy atom. The summed E-state index contributed by atoms with van der Waals surface area (Å²) in [7, 11) is 0. The zero-order valence-corrected chi connectivity index (χ0v) is 13.9. The second kappa shape index (κ2) is 6.94. The van der Waals surface area contributed by atoms with Crippen LogP contribution in [0.25, 0.3) is 0 Å². The van der Waals surface area contributed by atoms with E-state index in [4.69, 9.17) is 22.9 Å². The minimum atomic E-state index is 0.439. The molecule has 1 aliphatic heterocycles. The Morgan fingerprint density at radius 1 is 1.38 bits per heavy atom. The minimum Gasteiger partial charge on any atom is -0.389 e. The molecule has 114 valence electrons. The molecule has 6 heteroatoms. The van der Waals surface area contributed by atoms with Gasteiger partial charge in [-0.3, -0.25) is 4.90 Å². The Balaban J connectivity index is 1.65. The predicted octanol–water partition coefficient (Wildman–Crippen LogP) is 1.67. The van der Waals surface area contributed by atoms with Crippen molar-refractivity contribution >= 4 is 34.8 Å². The van der Waals surface area contributed by atoms with Crippen molar-refractivity contribution in [1.29, 1.82) is 0 Å². The lowest BCUT2D eigenvalue weighted by Crippen LogP contribution is -2.36. The average Bonchev–Trinajstić information content (AvgIpc) is 2.94. The number of pyridine rings is 1. The molecule has 0 amide bonds. The van der Waals surface area contributed by atoms with Crippen LogP contribution in [0.2, 0.25) is 0 Å². The number of thiocarbonyl (C=S) groups is 1. The molecule has 21 heavy (non-hydrogen) atoms. The number of aryl methyl sites for hydroxylation is 2. The topological polar surface area (TPSA) is 54.2 Å². The maximum absolute atomic E-state index is 5.86. The molecule has 0 spiro atoms. The molecule has 0 radical (unpaired) electrons. The van der Waals surface area contributed by atoms with Crippen LogP contribution in [0.4, 0.5) is 5.82 Å². The highest BCUT2D eigenvalue weighted by molar-refractivity contribution is 7.99. The normalized spacial score (nSPS) is 18.5. The molecule has 0 unspecified atom stereocenters. The fourth-order valence-electron chi connectivity index (χ4n) is 2.95. The number of anilines is 1. The number of fused-ring (bicyclic) bond motifs is 1. The van der Waals surface area contributed by atoms with Gasteiger partial charge in [0.1, 0.15) is 10.8 Å². The van der Waals surface area contributed by atoms with Crippen molar-refractivity contribution in [2.75, 3.05) is 43.0 Å². The minimum absolute atomic E-state index is 0.439. The molecular weight excluding hydrogens is 300 g/mol. The molecule has 2 heterocycles. The molecule has 1 saturated heterocycles. The summed E-state index contributed by atoms with van der Waals surface area (Å²) >= 11 is 7.22. The van der Waals surface area contributed by atoms with Crippen LogP contribution in [0.3, 0.4) is 0 Å². The van der Waals surface area contributed by atoms with Gasteiger partial charge >= 0.3 is 0 Å². The van der Waals surface area contributed by atoms with E-state index in [1.165, 1.54) is 42.3 Å². The molecular formula is C15H22N4S2. The highest BCUT2D eigenvalue weighted by Gasteiger charge is 2.18. The molecule has 3 N–H and O–H groups in total. The van der Waals surface area contributed by atoms with Crippen LogP contribution in [-0.4, -0.2) is 52.6 Å². The number of rotatable bonds is 5. The fourth-order valence-corrected chi connectivity index (χ4v) is 4.09. The van der Waals surface area contributed by atoms with Crippen molar-refractivity contribution in [3.8, 4) is 0 Å². The summed E-state index contributed by atoms with van der Waals surface area (Å²) in [5.41, 5.74) is 9.29. The van der Waals surface area contributed by atoms with E-state index in [2.05, 4.69) is 16.3 Å². The average molecular weight is 323 g/mol. The van der Waals surface area contributed by atoms with Gasteiger partial charge in [-0.1, -0.05) is 12.2 Å². The largest absolute Gasteiger partial charge is 0.389 e. The van der Waals surface area contributed by atoms with E-state index in [-0.39, 0.29) is 0 Å². The monoisotopic (exact) mass is 322 g/mol. The van der Waals surface area contributed by atoms with Crippen molar-refractivity contribution in [2.45, 2.75) is 19.3 Å². The van der Waals surface area contributed by atoms with Crippen LogP contribution < -0.4 is 11.1 Å². The van der Waals surface area contributed by atoms with Crippen LogP contribution in [-0.2, 0) is 12.8 Å². The number of nitrogens with zero attached hydrogens (tertiary/aromatic N) is 2. The summed E-state index contributed by atoms with van der Waals surface area (Å²) < 4.78 is 0. The van der Waals surface area contributed by atoms with Crippen LogP contribution >= 0.6 is 24.0 Å². The van der Waals surface area contributed by atoms with E-state index in [1.807, 2.05) is 11.8 Å². The zero-order chi connectivity index (χ0) is 14.7. The van der Waals surface area contributed by atoms with E-state index in [0.717, 1.165) is 37.3 Å². The van der Waals surface area contributed by atoms with Crippen LogP contribution in [0.5, 0.6) is 0 Å². The van der Waals surface area contributed by atoms with E-state index < -0.39 is 0 Å². The number of thioether (sulfide) groups is 1. The van der Waals surface area contributed by atoms with Crippen molar-refractivity contribution in [2.24, 2.45) is 5.73 Å². The molecule has 1 aromatic rings. The van der Waals surface area contributed by atoms with Gasteiger partial charge in [-0.05, 0) is 30.9 Å². The van der Waals surface area contributed by atoms with Gasteiger partial charge in [0.05, 0.1) is 5.56 Å². The molecule has 4 nitrogen and oxygen atoms in total. The second-order valence-corrected chi connectivity index (χ2v) is 7.25. The number of nitrogens with two attached hydrogens (primary N) is 1. The first-order valence-electron chi connectivity index (χ1n) is 7.60. The predicted molar refractivity (Wildman–Crippen MR) is 94.4 cm³/mol. The molecule has 0 saturated carbocycles. The molecule has 0 bridgehead atoms. The van der Waals surface area contributed by atoms with Crippen molar-refractivity contribution < 1.29 is 0 Å². The molecule has 2 aliphatic rings. The number of aromatic nitrogens is 1. The Hall–Kier alpha value is -0.850. The Bertz CT molecular complexity index is 527. The van der Waals surface area contributed by atoms with Gasteiger partial charge in [0, 0.05) is 43.4 Å². The van der Waals surface area contributed by atoms with Crippen molar-refractivity contribution in [3.05, 3.63) is 22.9 Å². The summed E-state index contributed by atoms with van der Waals surface area (Å²) in [5.74, 6) is 3.36. The quantitative estimate of drug-likeness (QED) is 0.804. The number of nitrogens with one attached hydrogen (secondary N) is 1. The summed E-state index contributed by atoms with van der Waals surface area (Å²) in [6, 6.07) is 2.14. The maximum Gasteiger partial charge on any atom is 0.136 e.